The maximum Gasteiger partial charge on any atom is 0.0991 e. The summed E-state index contributed by atoms with van der Waals surface area (Å²) >= 11 is 3.09. The quantitative estimate of drug-likeness (QED) is 0.732. The summed E-state index contributed by atoms with van der Waals surface area (Å²) in [6, 6.07) is -0.467. The van der Waals surface area contributed by atoms with Crippen LogP contribution in [-0.2, 0) is 0 Å². The van der Waals surface area contributed by atoms with Crippen LogP contribution in [0.4, 0.5) is 0 Å². The minimum Gasteiger partial charge on any atom is -0.306 e. The largest absolute Gasteiger partial charge is 0.306 e. The Morgan fingerprint density at radius 1 is 1.50 bits per heavy atom. The molecule has 0 atom stereocenters. The van der Waals surface area contributed by atoms with Gasteiger partial charge in [0.1, 0.15) is 0 Å². The van der Waals surface area contributed by atoms with Gasteiger partial charge >= 0.3 is 0 Å². The Labute approximate surface area is 84.6 Å². The lowest BCUT2D eigenvalue weighted by molar-refractivity contribution is 1.06. The highest BCUT2D eigenvalue weighted by Crippen LogP contribution is 2.14. The minimum atomic E-state index is -0.202. The van der Waals surface area contributed by atoms with E-state index in [1.807, 2.05) is 0 Å². The molecule has 0 radical (unpaired) electrons. The van der Waals surface area contributed by atoms with Crippen molar-refractivity contribution in [1.29, 1.82) is 0 Å². The number of hydrogen-bond acceptors (Lipinski definition) is 1. The van der Waals surface area contributed by atoms with E-state index in [0.717, 1.165) is 0 Å². The molecule has 1 heterocycles. The van der Waals surface area contributed by atoms with Crippen LogP contribution in [0.2, 0.25) is 0 Å². The van der Waals surface area contributed by atoms with Crippen molar-refractivity contribution in [2.75, 3.05) is 0 Å². The molecule has 0 amide bonds. The standard InChI is InChI=1S/C9H7BrN2/c10-8-2-1-3-9(6-8)12-5-4-11-7-12/h1-7H/i1D,2D,3D,6D. The number of aromatic nitrogens is 2. The Balaban J connectivity index is 2.81. The summed E-state index contributed by atoms with van der Waals surface area (Å²) in [7, 11) is 0. The molecule has 0 saturated carbocycles. The van der Waals surface area contributed by atoms with Gasteiger partial charge in [-0.2, -0.15) is 0 Å². The van der Waals surface area contributed by atoms with Crippen LogP contribution in [0.3, 0.4) is 0 Å². The van der Waals surface area contributed by atoms with Crippen molar-refractivity contribution in [1.82, 2.24) is 9.55 Å². The van der Waals surface area contributed by atoms with Crippen LogP contribution in [0, 0.1) is 0 Å². The van der Waals surface area contributed by atoms with Gasteiger partial charge in [0.25, 0.3) is 0 Å². The summed E-state index contributed by atoms with van der Waals surface area (Å²) in [5, 5.41) is 0. The first-order chi connectivity index (χ1) is 7.54. The molecule has 0 aliphatic carbocycles. The predicted molar refractivity (Wildman–Crippen MR) is 51.3 cm³/mol. The van der Waals surface area contributed by atoms with Gasteiger partial charge < -0.3 is 4.57 Å². The smallest absolute Gasteiger partial charge is 0.0991 e. The van der Waals surface area contributed by atoms with Crippen molar-refractivity contribution in [2.45, 2.75) is 0 Å². The first-order valence-corrected chi connectivity index (χ1v) is 4.07. The van der Waals surface area contributed by atoms with E-state index >= 15 is 0 Å². The molecule has 3 heteroatoms. The molecular weight excluding hydrogens is 216 g/mol. The van der Waals surface area contributed by atoms with E-state index in [1.54, 1.807) is 6.20 Å². The van der Waals surface area contributed by atoms with E-state index in [-0.39, 0.29) is 34.3 Å². The first-order valence-electron chi connectivity index (χ1n) is 5.28. The molecule has 2 nitrogen and oxygen atoms in total. The molecule has 0 unspecified atom stereocenters. The number of nitrogens with zero attached hydrogens (tertiary/aromatic N) is 2. The molecule has 0 fully saturated rings. The third kappa shape index (κ3) is 1.41. The molecule has 1 aromatic carbocycles. The molecule has 60 valence electrons. The zero-order valence-electron chi connectivity index (χ0n) is 10.0. The van der Waals surface area contributed by atoms with E-state index in [0.29, 0.717) is 0 Å². The second-order valence-corrected chi connectivity index (χ2v) is 2.93. The van der Waals surface area contributed by atoms with Gasteiger partial charge in [-0.25, -0.2) is 4.98 Å². The van der Waals surface area contributed by atoms with Crippen molar-refractivity contribution in [3.63, 3.8) is 0 Å². The van der Waals surface area contributed by atoms with E-state index in [9.17, 15) is 0 Å². The van der Waals surface area contributed by atoms with Gasteiger partial charge in [0.05, 0.1) is 11.8 Å². The van der Waals surface area contributed by atoms with Gasteiger partial charge in [-0.15, -0.1) is 0 Å². The fourth-order valence-electron chi connectivity index (χ4n) is 0.832. The van der Waals surface area contributed by atoms with Gasteiger partial charge in [-0.3, -0.25) is 0 Å². The molecule has 12 heavy (non-hydrogen) atoms. The lowest BCUT2D eigenvalue weighted by Crippen LogP contribution is -1.88. The number of hydrogen-bond donors (Lipinski definition) is 0. The summed E-state index contributed by atoms with van der Waals surface area (Å²) < 4.78 is 32.4. The van der Waals surface area contributed by atoms with Gasteiger partial charge in [-0.05, 0) is 18.1 Å². The Bertz CT molecular complexity index is 510. The van der Waals surface area contributed by atoms with Gasteiger partial charge in [-0.1, -0.05) is 22.0 Å². The first kappa shape index (κ1) is 4.23. The van der Waals surface area contributed by atoms with Crippen molar-refractivity contribution >= 4 is 15.9 Å². The molecule has 2 aromatic rings. The number of halogens is 1. The van der Waals surface area contributed by atoms with E-state index in [1.165, 1.54) is 17.1 Å². The fraction of sp³-hybridized carbons (Fsp3) is 0. The molecule has 0 aliphatic heterocycles. The highest BCUT2D eigenvalue weighted by Gasteiger charge is 1.94. The van der Waals surface area contributed by atoms with Gasteiger partial charge in [0, 0.05) is 22.6 Å². The third-order valence-corrected chi connectivity index (χ3v) is 1.74. The highest BCUT2D eigenvalue weighted by atomic mass is 79.9. The fourth-order valence-corrected chi connectivity index (χ4v) is 1.12. The second-order valence-electron chi connectivity index (χ2n) is 2.13. The molecule has 2 rings (SSSR count). The lowest BCUT2D eigenvalue weighted by atomic mass is 10.3. The van der Waals surface area contributed by atoms with Crippen LogP contribution in [0.1, 0.15) is 5.48 Å². The Morgan fingerprint density at radius 3 is 3.17 bits per heavy atom. The Morgan fingerprint density at radius 2 is 2.42 bits per heavy atom. The SMILES string of the molecule is [2H]c1c([2H])c(Br)c([2H])c(-n2ccnc2)c1[2H]. The predicted octanol–water partition coefficient (Wildman–Crippen LogP) is 2.63. The van der Waals surface area contributed by atoms with Crippen LogP contribution in [-0.4, -0.2) is 9.55 Å². The molecule has 1 aromatic heterocycles. The average molecular weight is 227 g/mol. The molecule has 0 aliphatic rings. The number of benzene rings is 1. The zero-order chi connectivity index (χ0) is 11.9. The minimum absolute atomic E-state index is 0.0176. The van der Waals surface area contributed by atoms with Crippen molar-refractivity contribution in [2.24, 2.45) is 0 Å². The van der Waals surface area contributed by atoms with Crippen LogP contribution in [0.5, 0.6) is 0 Å². The Hall–Kier alpha value is -1.09. The van der Waals surface area contributed by atoms with E-state index in [4.69, 9.17) is 5.48 Å². The average Bonchev–Trinajstić information content (AvgIpc) is 2.77. The third-order valence-electron chi connectivity index (χ3n) is 1.34. The number of imidazole rings is 1. The van der Waals surface area contributed by atoms with Crippen molar-refractivity contribution in [3.05, 3.63) is 47.4 Å². The summed E-state index contributed by atoms with van der Waals surface area (Å²) in [6.45, 7) is 0. The lowest BCUT2D eigenvalue weighted by Gasteiger charge is -2.00. The summed E-state index contributed by atoms with van der Waals surface area (Å²) in [5.41, 5.74) is 0.255. The zero-order valence-corrected chi connectivity index (χ0v) is 7.59. The summed E-state index contributed by atoms with van der Waals surface area (Å²) in [4.78, 5) is 3.84. The Kier molecular flexibility index (Phi) is 1.10. The summed E-state index contributed by atoms with van der Waals surface area (Å²) in [6.07, 6.45) is 4.59. The highest BCUT2D eigenvalue weighted by molar-refractivity contribution is 9.10. The van der Waals surface area contributed by atoms with Crippen LogP contribution >= 0.6 is 15.9 Å². The van der Waals surface area contributed by atoms with Gasteiger partial charge in [0.15, 0.2) is 0 Å². The number of rotatable bonds is 1. The van der Waals surface area contributed by atoms with Crippen LogP contribution in [0.15, 0.2) is 47.4 Å². The van der Waals surface area contributed by atoms with Gasteiger partial charge in [0.2, 0.25) is 0 Å². The topological polar surface area (TPSA) is 17.8 Å². The van der Waals surface area contributed by atoms with Crippen molar-refractivity contribution in [3.8, 4) is 5.69 Å². The molecule has 0 bridgehead atoms. The van der Waals surface area contributed by atoms with Crippen LogP contribution < -0.4 is 0 Å². The monoisotopic (exact) mass is 226 g/mol. The molecule has 0 saturated heterocycles. The maximum atomic E-state index is 7.83. The van der Waals surface area contributed by atoms with Crippen molar-refractivity contribution < 1.29 is 5.48 Å². The second kappa shape index (κ2) is 3.11. The molecule has 0 N–H and O–H groups in total. The van der Waals surface area contributed by atoms with E-state index < -0.39 is 0 Å². The normalized spacial score (nSPS) is 14.8. The molecule has 0 spiro atoms. The summed E-state index contributed by atoms with van der Waals surface area (Å²) in [5.74, 6) is 0. The van der Waals surface area contributed by atoms with Crippen LogP contribution in [0.25, 0.3) is 5.69 Å². The molecular formula is C9H7BrN2. The maximum absolute atomic E-state index is 7.83. The van der Waals surface area contributed by atoms with E-state index in [2.05, 4.69) is 20.9 Å².